The van der Waals surface area contributed by atoms with Crippen LogP contribution < -0.4 is 14.8 Å². The lowest BCUT2D eigenvalue weighted by atomic mass is 10.2. The van der Waals surface area contributed by atoms with Gasteiger partial charge in [-0.05, 0) is 43.7 Å². The lowest BCUT2D eigenvalue weighted by Gasteiger charge is -2.09. The molecule has 0 fully saturated rings. The van der Waals surface area contributed by atoms with Gasteiger partial charge in [-0.15, -0.1) is 0 Å². The van der Waals surface area contributed by atoms with Gasteiger partial charge in [-0.1, -0.05) is 30.3 Å². The molecule has 1 heterocycles. The molecule has 2 aromatic carbocycles. The van der Waals surface area contributed by atoms with E-state index in [0.717, 1.165) is 22.5 Å². The largest absolute Gasteiger partial charge is 0.497 e. The first-order chi connectivity index (χ1) is 15.5. The van der Waals surface area contributed by atoms with Crippen LogP contribution in [0.1, 0.15) is 22.5 Å². The number of hydrogen-bond donors (Lipinski definition) is 1. The monoisotopic (exact) mass is 437 g/mol. The van der Waals surface area contributed by atoms with E-state index in [1.54, 1.807) is 31.4 Å². The summed E-state index contributed by atoms with van der Waals surface area (Å²) in [6, 6.07) is 16.9. The van der Waals surface area contributed by atoms with Gasteiger partial charge in [0.2, 0.25) is 0 Å². The number of aromatic nitrogens is 2. The van der Waals surface area contributed by atoms with Gasteiger partial charge in [0.15, 0.2) is 13.2 Å². The van der Waals surface area contributed by atoms with Crippen LogP contribution in [0.15, 0.2) is 54.6 Å². The highest BCUT2D eigenvalue weighted by atomic mass is 16.6. The van der Waals surface area contributed by atoms with E-state index in [4.69, 9.17) is 14.2 Å². The van der Waals surface area contributed by atoms with Gasteiger partial charge in [-0.25, -0.2) is 4.79 Å². The second-order valence-electron chi connectivity index (χ2n) is 7.19. The molecule has 0 aliphatic rings. The van der Waals surface area contributed by atoms with Gasteiger partial charge in [0.1, 0.15) is 11.5 Å². The maximum Gasteiger partial charge on any atom is 0.344 e. The summed E-state index contributed by atoms with van der Waals surface area (Å²) < 4.78 is 17.3. The first kappa shape index (κ1) is 22.9. The molecule has 8 nitrogen and oxygen atoms in total. The molecule has 1 N–H and O–H groups in total. The zero-order chi connectivity index (χ0) is 22.9. The minimum atomic E-state index is -0.626. The lowest BCUT2D eigenvalue weighted by molar-refractivity contribution is -0.150. The molecule has 0 radical (unpaired) electrons. The first-order valence-electron chi connectivity index (χ1n) is 10.2. The second kappa shape index (κ2) is 11.0. The molecule has 0 bridgehead atoms. The Labute approximate surface area is 187 Å². The maximum atomic E-state index is 12.1. The van der Waals surface area contributed by atoms with Gasteiger partial charge in [0.05, 0.1) is 19.3 Å². The Balaban J connectivity index is 1.43. The van der Waals surface area contributed by atoms with Crippen molar-refractivity contribution in [2.24, 2.45) is 0 Å². The smallest absolute Gasteiger partial charge is 0.344 e. The van der Waals surface area contributed by atoms with Crippen molar-refractivity contribution in [2.75, 3.05) is 20.3 Å². The van der Waals surface area contributed by atoms with Crippen LogP contribution in [-0.2, 0) is 27.4 Å². The lowest BCUT2D eigenvalue weighted by Crippen LogP contribution is -2.29. The van der Waals surface area contributed by atoms with Crippen LogP contribution in [0, 0.1) is 13.8 Å². The van der Waals surface area contributed by atoms with Gasteiger partial charge in [-0.3, -0.25) is 9.48 Å². The van der Waals surface area contributed by atoms with Gasteiger partial charge in [0, 0.05) is 17.8 Å². The topological polar surface area (TPSA) is 91.7 Å². The minimum Gasteiger partial charge on any atom is -0.497 e. The van der Waals surface area contributed by atoms with Gasteiger partial charge in [0.25, 0.3) is 5.91 Å². The van der Waals surface area contributed by atoms with Crippen molar-refractivity contribution in [3.8, 4) is 11.5 Å². The van der Waals surface area contributed by atoms with Crippen molar-refractivity contribution in [1.29, 1.82) is 0 Å². The highest BCUT2D eigenvalue weighted by molar-refractivity contribution is 5.80. The second-order valence-corrected chi connectivity index (χ2v) is 7.19. The molecule has 1 aromatic heterocycles. The van der Waals surface area contributed by atoms with Crippen molar-refractivity contribution in [1.82, 2.24) is 15.1 Å². The van der Waals surface area contributed by atoms with Gasteiger partial charge >= 0.3 is 5.97 Å². The van der Waals surface area contributed by atoms with Crippen LogP contribution >= 0.6 is 0 Å². The maximum absolute atomic E-state index is 12.1. The molecule has 0 unspecified atom stereocenters. The fourth-order valence-corrected chi connectivity index (χ4v) is 3.14. The molecule has 3 rings (SSSR count). The molecule has 0 atom stereocenters. The van der Waals surface area contributed by atoms with E-state index in [-0.39, 0.29) is 13.2 Å². The van der Waals surface area contributed by atoms with E-state index in [1.807, 2.05) is 48.9 Å². The summed E-state index contributed by atoms with van der Waals surface area (Å²) in [6.07, 6.45) is 0. The third kappa shape index (κ3) is 6.34. The van der Waals surface area contributed by atoms with Crippen LogP contribution in [0.5, 0.6) is 11.5 Å². The molecule has 168 valence electrons. The third-order valence-electron chi connectivity index (χ3n) is 4.95. The number of aryl methyl sites for hydroxylation is 1. The Morgan fingerprint density at radius 2 is 1.66 bits per heavy atom. The molecule has 8 heteroatoms. The third-order valence-corrected chi connectivity index (χ3v) is 4.95. The number of amides is 1. The standard InChI is InChI=1S/C24H27N3O5/c1-17-22(18(2)27(26-17)14-19-7-5-4-6-8-19)13-25-23(28)15-32-24(29)16-31-21-11-9-20(30-3)10-12-21/h4-12H,13-16H2,1-3H3,(H,25,28). The van der Waals surface area contributed by atoms with E-state index in [9.17, 15) is 9.59 Å². The van der Waals surface area contributed by atoms with E-state index < -0.39 is 11.9 Å². The van der Waals surface area contributed by atoms with Crippen molar-refractivity contribution in [2.45, 2.75) is 26.9 Å². The number of hydrogen-bond acceptors (Lipinski definition) is 6. The van der Waals surface area contributed by atoms with Gasteiger partial charge in [-0.2, -0.15) is 5.10 Å². The minimum absolute atomic E-state index is 0.288. The summed E-state index contributed by atoms with van der Waals surface area (Å²) in [4.78, 5) is 24.0. The molecule has 0 spiro atoms. The Bertz CT molecular complexity index is 1050. The average molecular weight is 437 g/mol. The summed E-state index contributed by atoms with van der Waals surface area (Å²) >= 11 is 0. The predicted molar refractivity (Wildman–Crippen MR) is 119 cm³/mol. The van der Waals surface area contributed by atoms with Gasteiger partial charge < -0.3 is 19.5 Å². The molecule has 0 saturated heterocycles. The number of nitrogens with one attached hydrogen (secondary N) is 1. The van der Waals surface area contributed by atoms with E-state index in [0.29, 0.717) is 24.6 Å². The number of rotatable bonds is 10. The number of carbonyl (C=O) groups excluding carboxylic acids is 2. The summed E-state index contributed by atoms with van der Waals surface area (Å²) in [5, 5.41) is 7.35. The average Bonchev–Trinajstić information content (AvgIpc) is 3.07. The number of esters is 1. The number of nitrogens with zero attached hydrogens (tertiary/aromatic N) is 2. The quantitative estimate of drug-likeness (QED) is 0.491. The van der Waals surface area contributed by atoms with Crippen LogP contribution in [0.2, 0.25) is 0 Å². The summed E-state index contributed by atoms with van der Waals surface area (Å²) in [5.74, 6) is 0.176. The molecular formula is C24H27N3O5. The first-order valence-corrected chi connectivity index (χ1v) is 10.2. The fraction of sp³-hybridized carbons (Fsp3) is 0.292. The summed E-state index contributed by atoms with van der Waals surface area (Å²) in [7, 11) is 1.57. The van der Waals surface area contributed by atoms with Crippen molar-refractivity contribution >= 4 is 11.9 Å². The molecule has 1 amide bonds. The van der Waals surface area contributed by atoms with Crippen LogP contribution in [0.3, 0.4) is 0 Å². The highest BCUT2D eigenvalue weighted by Gasteiger charge is 2.14. The fourth-order valence-electron chi connectivity index (χ4n) is 3.14. The van der Waals surface area contributed by atoms with Crippen molar-refractivity contribution < 1.29 is 23.8 Å². The van der Waals surface area contributed by atoms with E-state index in [2.05, 4.69) is 10.4 Å². The van der Waals surface area contributed by atoms with Crippen LogP contribution in [0.4, 0.5) is 0 Å². The Morgan fingerprint density at radius 3 is 2.34 bits per heavy atom. The predicted octanol–water partition coefficient (Wildman–Crippen LogP) is 2.80. The Hall–Kier alpha value is -3.81. The molecule has 0 aliphatic carbocycles. The van der Waals surface area contributed by atoms with Crippen LogP contribution in [0.25, 0.3) is 0 Å². The van der Waals surface area contributed by atoms with Crippen LogP contribution in [-0.4, -0.2) is 42.0 Å². The zero-order valence-electron chi connectivity index (χ0n) is 18.5. The molecule has 32 heavy (non-hydrogen) atoms. The number of benzene rings is 2. The molecule has 3 aromatic rings. The normalized spacial score (nSPS) is 10.5. The Morgan fingerprint density at radius 1 is 0.969 bits per heavy atom. The summed E-state index contributed by atoms with van der Waals surface area (Å²) in [6.45, 7) is 4.19. The van der Waals surface area contributed by atoms with E-state index >= 15 is 0 Å². The number of carbonyl (C=O) groups is 2. The number of ether oxygens (including phenoxy) is 3. The highest BCUT2D eigenvalue weighted by Crippen LogP contribution is 2.17. The zero-order valence-corrected chi connectivity index (χ0v) is 18.5. The van der Waals surface area contributed by atoms with Crippen molar-refractivity contribution in [3.05, 3.63) is 77.1 Å². The summed E-state index contributed by atoms with van der Waals surface area (Å²) in [5.41, 5.74) is 3.93. The number of methoxy groups -OCH3 is 1. The van der Waals surface area contributed by atoms with Crippen molar-refractivity contribution in [3.63, 3.8) is 0 Å². The van der Waals surface area contributed by atoms with E-state index in [1.165, 1.54) is 0 Å². The molecule has 0 aliphatic heterocycles. The molecule has 0 saturated carbocycles. The molecular weight excluding hydrogens is 410 g/mol. The Kier molecular flexibility index (Phi) is 7.85. The SMILES string of the molecule is COc1ccc(OCC(=O)OCC(=O)NCc2c(C)nn(Cc3ccccc3)c2C)cc1.